The van der Waals surface area contributed by atoms with Crippen LogP contribution < -0.4 is 14.5 Å². The molecule has 3 aromatic rings. The Morgan fingerprint density at radius 2 is 2.03 bits per heavy atom. The van der Waals surface area contributed by atoms with Crippen molar-refractivity contribution in [3.8, 4) is 5.75 Å². The molecule has 2 aromatic carbocycles. The molecule has 162 valence electrons. The van der Waals surface area contributed by atoms with E-state index in [4.69, 9.17) is 16.3 Å². The van der Waals surface area contributed by atoms with E-state index in [0.717, 1.165) is 21.5 Å². The molecule has 0 saturated heterocycles. The van der Waals surface area contributed by atoms with Crippen LogP contribution in [0.1, 0.15) is 11.1 Å². The number of carbonyl (C=O) groups is 1. The predicted molar refractivity (Wildman–Crippen MR) is 122 cm³/mol. The second-order valence-corrected chi connectivity index (χ2v) is 9.09. The SMILES string of the molecule is COc1ccc2cc(/C=N\NC(=O)CN(c3cccc(C)c3)S(C)(=O)=O)c(Cl)nc2c1. The second-order valence-electron chi connectivity index (χ2n) is 6.83. The summed E-state index contributed by atoms with van der Waals surface area (Å²) >= 11 is 6.21. The van der Waals surface area contributed by atoms with Crippen molar-refractivity contribution in [1.82, 2.24) is 10.4 Å². The first-order valence-electron chi connectivity index (χ1n) is 9.18. The fraction of sp³-hybridized carbons (Fsp3) is 0.190. The van der Waals surface area contributed by atoms with E-state index in [9.17, 15) is 13.2 Å². The molecule has 0 saturated carbocycles. The van der Waals surface area contributed by atoms with Crippen molar-refractivity contribution in [3.63, 3.8) is 0 Å². The summed E-state index contributed by atoms with van der Waals surface area (Å²) in [7, 11) is -2.10. The van der Waals surface area contributed by atoms with E-state index in [-0.39, 0.29) is 5.15 Å². The summed E-state index contributed by atoms with van der Waals surface area (Å²) in [6.07, 6.45) is 2.40. The molecule has 0 unspecified atom stereocenters. The quantitative estimate of drug-likeness (QED) is 0.331. The number of hydrogen-bond acceptors (Lipinski definition) is 6. The van der Waals surface area contributed by atoms with Crippen LogP contribution in [0.15, 0.2) is 53.6 Å². The van der Waals surface area contributed by atoms with Crippen LogP contribution in [-0.4, -0.2) is 45.4 Å². The number of amides is 1. The van der Waals surface area contributed by atoms with E-state index < -0.39 is 22.5 Å². The van der Waals surface area contributed by atoms with Crippen LogP contribution in [0.5, 0.6) is 5.75 Å². The summed E-state index contributed by atoms with van der Waals surface area (Å²) in [6.45, 7) is 1.43. The number of sulfonamides is 1. The largest absolute Gasteiger partial charge is 0.497 e. The van der Waals surface area contributed by atoms with Gasteiger partial charge in [0.05, 0.1) is 30.8 Å². The fourth-order valence-corrected chi connectivity index (χ4v) is 3.92. The molecular formula is C21H21ClN4O4S. The van der Waals surface area contributed by atoms with Crippen molar-refractivity contribution in [2.24, 2.45) is 5.10 Å². The Morgan fingerprint density at radius 1 is 1.26 bits per heavy atom. The monoisotopic (exact) mass is 460 g/mol. The minimum absolute atomic E-state index is 0.205. The predicted octanol–water partition coefficient (Wildman–Crippen LogP) is 3.12. The molecule has 31 heavy (non-hydrogen) atoms. The molecule has 1 amide bonds. The number of anilines is 1. The van der Waals surface area contributed by atoms with Crippen LogP contribution in [0.4, 0.5) is 5.69 Å². The molecule has 0 radical (unpaired) electrons. The van der Waals surface area contributed by atoms with Gasteiger partial charge in [0.1, 0.15) is 17.4 Å². The van der Waals surface area contributed by atoms with Crippen molar-refractivity contribution in [1.29, 1.82) is 0 Å². The molecule has 0 bridgehead atoms. The highest BCUT2D eigenvalue weighted by molar-refractivity contribution is 7.92. The Labute approximate surface area is 185 Å². The van der Waals surface area contributed by atoms with E-state index in [1.807, 2.05) is 19.1 Å². The third-order valence-corrected chi connectivity index (χ3v) is 5.82. The Kier molecular flexibility index (Phi) is 6.77. The van der Waals surface area contributed by atoms with Crippen molar-refractivity contribution < 1.29 is 17.9 Å². The van der Waals surface area contributed by atoms with Gasteiger partial charge in [-0.2, -0.15) is 5.10 Å². The van der Waals surface area contributed by atoms with Crippen molar-refractivity contribution in [3.05, 3.63) is 64.8 Å². The molecule has 8 nitrogen and oxygen atoms in total. The minimum atomic E-state index is -3.66. The lowest BCUT2D eigenvalue weighted by atomic mass is 10.1. The van der Waals surface area contributed by atoms with Gasteiger partial charge in [0, 0.05) is 17.0 Å². The third kappa shape index (κ3) is 5.71. The number of aromatic nitrogens is 1. The van der Waals surface area contributed by atoms with Gasteiger partial charge in [-0.05, 0) is 42.8 Å². The number of rotatable bonds is 7. The number of pyridine rings is 1. The molecule has 1 heterocycles. The zero-order chi connectivity index (χ0) is 22.6. The number of carbonyl (C=O) groups excluding carboxylic acids is 1. The zero-order valence-electron chi connectivity index (χ0n) is 17.2. The Morgan fingerprint density at radius 3 is 2.71 bits per heavy atom. The summed E-state index contributed by atoms with van der Waals surface area (Å²) in [6, 6.07) is 14.0. The highest BCUT2D eigenvalue weighted by atomic mass is 35.5. The second kappa shape index (κ2) is 9.32. The lowest BCUT2D eigenvalue weighted by Crippen LogP contribution is -2.39. The van der Waals surface area contributed by atoms with Gasteiger partial charge in [0.15, 0.2) is 0 Å². The van der Waals surface area contributed by atoms with Crippen molar-refractivity contribution in [2.45, 2.75) is 6.92 Å². The third-order valence-electron chi connectivity index (χ3n) is 4.38. The molecule has 3 rings (SSSR count). The molecule has 0 aliphatic rings. The maximum absolute atomic E-state index is 12.3. The van der Waals surface area contributed by atoms with Gasteiger partial charge in [-0.1, -0.05) is 23.7 Å². The van der Waals surface area contributed by atoms with Crippen LogP contribution >= 0.6 is 11.6 Å². The Balaban J connectivity index is 1.74. The highest BCUT2D eigenvalue weighted by Crippen LogP contribution is 2.23. The minimum Gasteiger partial charge on any atom is -0.497 e. The van der Waals surface area contributed by atoms with Crippen LogP contribution in [-0.2, 0) is 14.8 Å². The number of halogens is 1. The van der Waals surface area contributed by atoms with Gasteiger partial charge in [-0.25, -0.2) is 18.8 Å². The van der Waals surface area contributed by atoms with E-state index in [0.29, 0.717) is 22.5 Å². The van der Waals surface area contributed by atoms with E-state index in [1.165, 1.54) is 6.21 Å². The number of nitrogens with one attached hydrogen (secondary N) is 1. The molecule has 0 fully saturated rings. The standard InChI is InChI=1S/C21H21ClN4O4S/c1-14-5-4-6-17(9-14)26(31(3,28)29)13-20(27)25-23-12-16-10-15-7-8-18(30-2)11-19(15)24-21(16)22/h4-12H,13H2,1-3H3,(H,25,27)/b23-12-. The molecule has 1 N–H and O–H groups in total. The number of methoxy groups -OCH3 is 1. The molecule has 0 aliphatic carbocycles. The summed E-state index contributed by atoms with van der Waals surface area (Å²) in [5.74, 6) is 0.0616. The number of benzene rings is 2. The van der Waals surface area contributed by atoms with E-state index in [1.54, 1.807) is 43.5 Å². The Bertz CT molecular complexity index is 1260. The summed E-state index contributed by atoms with van der Waals surface area (Å²) in [4.78, 5) is 16.6. The van der Waals surface area contributed by atoms with Gasteiger partial charge in [-0.3, -0.25) is 9.10 Å². The average molecular weight is 461 g/mol. The summed E-state index contributed by atoms with van der Waals surface area (Å²) < 4.78 is 30.5. The number of ether oxygens (including phenoxy) is 1. The topological polar surface area (TPSA) is 101 Å². The molecular weight excluding hydrogens is 440 g/mol. The van der Waals surface area contributed by atoms with E-state index >= 15 is 0 Å². The molecule has 0 spiro atoms. The first-order valence-corrected chi connectivity index (χ1v) is 11.4. The highest BCUT2D eigenvalue weighted by Gasteiger charge is 2.20. The first kappa shape index (κ1) is 22.5. The maximum atomic E-state index is 12.3. The number of hydrogen-bond donors (Lipinski definition) is 1. The van der Waals surface area contributed by atoms with Crippen LogP contribution in [0.3, 0.4) is 0 Å². The Hall–Kier alpha value is -3.17. The van der Waals surface area contributed by atoms with Crippen LogP contribution in [0.2, 0.25) is 5.15 Å². The summed E-state index contributed by atoms with van der Waals surface area (Å²) in [5, 5.41) is 4.92. The zero-order valence-corrected chi connectivity index (χ0v) is 18.7. The molecule has 1 aromatic heterocycles. The number of fused-ring (bicyclic) bond motifs is 1. The molecule has 10 heteroatoms. The maximum Gasteiger partial charge on any atom is 0.260 e. The van der Waals surface area contributed by atoms with Gasteiger partial charge in [0.2, 0.25) is 10.0 Å². The van der Waals surface area contributed by atoms with Gasteiger partial charge in [0.25, 0.3) is 5.91 Å². The van der Waals surface area contributed by atoms with E-state index in [2.05, 4.69) is 15.5 Å². The smallest absolute Gasteiger partial charge is 0.260 e. The van der Waals surface area contributed by atoms with Crippen LogP contribution in [0.25, 0.3) is 10.9 Å². The van der Waals surface area contributed by atoms with Gasteiger partial charge < -0.3 is 4.74 Å². The average Bonchev–Trinajstić information content (AvgIpc) is 2.71. The number of aryl methyl sites for hydroxylation is 1. The first-order chi connectivity index (χ1) is 14.7. The van der Waals surface area contributed by atoms with Crippen LogP contribution in [0, 0.1) is 6.92 Å². The van der Waals surface area contributed by atoms with Crippen molar-refractivity contribution >= 4 is 50.3 Å². The lowest BCUT2D eigenvalue weighted by molar-refractivity contribution is -0.119. The normalized spacial score (nSPS) is 11.6. The summed E-state index contributed by atoms with van der Waals surface area (Å²) in [5.41, 5.74) is 4.77. The van der Waals surface area contributed by atoms with Gasteiger partial charge in [-0.15, -0.1) is 0 Å². The fourth-order valence-electron chi connectivity index (χ4n) is 2.88. The molecule has 0 aliphatic heterocycles. The molecule has 0 atom stereocenters. The lowest BCUT2D eigenvalue weighted by Gasteiger charge is -2.21. The number of nitrogens with zero attached hydrogens (tertiary/aromatic N) is 3. The van der Waals surface area contributed by atoms with Gasteiger partial charge >= 0.3 is 0 Å². The number of hydrazone groups is 1. The van der Waals surface area contributed by atoms with Crippen molar-refractivity contribution in [2.75, 3.05) is 24.2 Å².